The molecular formula is C16H19NO. The molecule has 0 atom stereocenters. The number of aromatic nitrogens is 1. The number of hydrogen-bond acceptors (Lipinski definition) is 2. The molecule has 0 bridgehead atoms. The molecule has 0 spiro atoms. The van der Waals surface area contributed by atoms with Crippen LogP contribution in [0, 0.1) is 0 Å². The van der Waals surface area contributed by atoms with E-state index in [0.29, 0.717) is 5.88 Å². The Labute approximate surface area is 109 Å². The van der Waals surface area contributed by atoms with E-state index in [9.17, 15) is 0 Å². The Hall–Kier alpha value is -1.83. The molecule has 2 rings (SSSR count). The van der Waals surface area contributed by atoms with E-state index in [1.807, 2.05) is 42.6 Å². The smallest absolute Gasteiger partial charge is 0.219 e. The molecule has 0 aliphatic heterocycles. The molecule has 0 unspecified atom stereocenters. The number of para-hydroxylation sites is 1. The molecule has 18 heavy (non-hydrogen) atoms. The molecule has 0 saturated heterocycles. The summed E-state index contributed by atoms with van der Waals surface area (Å²) < 4.78 is 5.65. The molecule has 1 aromatic heterocycles. The molecule has 0 fully saturated rings. The van der Waals surface area contributed by atoms with Crippen LogP contribution >= 0.6 is 0 Å². The highest BCUT2D eigenvalue weighted by Crippen LogP contribution is 2.18. The molecule has 2 nitrogen and oxygen atoms in total. The monoisotopic (exact) mass is 241 g/mol. The Morgan fingerprint density at radius 2 is 1.83 bits per heavy atom. The number of ether oxygens (including phenoxy) is 1. The van der Waals surface area contributed by atoms with Gasteiger partial charge >= 0.3 is 0 Å². The number of rotatable bonds is 6. The molecule has 1 heterocycles. The Kier molecular flexibility index (Phi) is 4.77. The number of hydrogen-bond donors (Lipinski definition) is 0. The molecule has 2 heteroatoms. The summed E-state index contributed by atoms with van der Waals surface area (Å²) in [7, 11) is 0. The number of nitrogens with zero attached hydrogens (tertiary/aromatic N) is 1. The van der Waals surface area contributed by atoms with Crippen molar-refractivity contribution in [2.45, 2.75) is 32.6 Å². The lowest BCUT2D eigenvalue weighted by Crippen LogP contribution is -1.90. The van der Waals surface area contributed by atoms with E-state index in [2.05, 4.69) is 18.0 Å². The maximum atomic E-state index is 5.65. The Morgan fingerprint density at radius 3 is 2.50 bits per heavy atom. The van der Waals surface area contributed by atoms with E-state index >= 15 is 0 Å². The molecule has 0 radical (unpaired) electrons. The van der Waals surface area contributed by atoms with Crippen molar-refractivity contribution in [1.29, 1.82) is 0 Å². The van der Waals surface area contributed by atoms with Gasteiger partial charge in [0.15, 0.2) is 0 Å². The molecule has 1 aromatic carbocycles. The summed E-state index contributed by atoms with van der Waals surface area (Å²) in [6.45, 7) is 2.22. The highest BCUT2D eigenvalue weighted by atomic mass is 16.5. The lowest BCUT2D eigenvalue weighted by atomic mass is 10.1. The standard InChI is InChI=1S/C16H19NO/c1-2-3-5-8-14-11-12-16(17-13-14)18-15-9-6-4-7-10-15/h4,6-7,9-13H,2-3,5,8H2,1H3. The summed E-state index contributed by atoms with van der Waals surface area (Å²) in [6, 6.07) is 13.8. The second-order valence-corrected chi connectivity index (χ2v) is 4.38. The fraction of sp³-hybridized carbons (Fsp3) is 0.312. The van der Waals surface area contributed by atoms with Crippen molar-refractivity contribution in [3.05, 3.63) is 54.2 Å². The first kappa shape index (κ1) is 12.6. The van der Waals surface area contributed by atoms with Crippen LogP contribution < -0.4 is 4.74 Å². The van der Waals surface area contributed by atoms with Gasteiger partial charge in [0.2, 0.25) is 5.88 Å². The minimum atomic E-state index is 0.653. The van der Waals surface area contributed by atoms with Gasteiger partial charge in [-0.2, -0.15) is 0 Å². The molecular weight excluding hydrogens is 222 g/mol. The third kappa shape index (κ3) is 3.88. The fourth-order valence-electron chi connectivity index (χ4n) is 1.81. The van der Waals surface area contributed by atoms with Crippen LogP contribution in [0.25, 0.3) is 0 Å². The summed E-state index contributed by atoms with van der Waals surface area (Å²) in [5.41, 5.74) is 1.28. The Morgan fingerprint density at radius 1 is 1.00 bits per heavy atom. The zero-order valence-electron chi connectivity index (χ0n) is 10.8. The maximum Gasteiger partial charge on any atom is 0.219 e. The lowest BCUT2D eigenvalue weighted by molar-refractivity contribution is 0.462. The van der Waals surface area contributed by atoms with Gasteiger partial charge in [0.1, 0.15) is 5.75 Å². The van der Waals surface area contributed by atoms with Crippen LogP contribution in [0.15, 0.2) is 48.7 Å². The molecule has 0 amide bonds. The maximum absolute atomic E-state index is 5.65. The predicted octanol–water partition coefficient (Wildman–Crippen LogP) is 4.61. The summed E-state index contributed by atoms with van der Waals surface area (Å²) in [4.78, 5) is 4.33. The number of pyridine rings is 1. The van der Waals surface area contributed by atoms with Crippen LogP contribution in [0.3, 0.4) is 0 Å². The zero-order chi connectivity index (χ0) is 12.6. The average molecular weight is 241 g/mol. The van der Waals surface area contributed by atoms with Crippen LogP contribution in [-0.2, 0) is 6.42 Å². The highest BCUT2D eigenvalue weighted by molar-refractivity contribution is 5.27. The van der Waals surface area contributed by atoms with Crippen molar-refractivity contribution < 1.29 is 4.74 Å². The summed E-state index contributed by atoms with van der Waals surface area (Å²) in [5, 5.41) is 0. The van der Waals surface area contributed by atoms with Gasteiger partial charge in [0, 0.05) is 12.3 Å². The van der Waals surface area contributed by atoms with Gasteiger partial charge in [-0.05, 0) is 30.5 Å². The highest BCUT2D eigenvalue weighted by Gasteiger charge is 1.98. The normalized spacial score (nSPS) is 10.3. The van der Waals surface area contributed by atoms with Gasteiger partial charge in [-0.1, -0.05) is 44.0 Å². The first-order valence-corrected chi connectivity index (χ1v) is 6.56. The quantitative estimate of drug-likeness (QED) is 0.689. The largest absolute Gasteiger partial charge is 0.439 e. The van der Waals surface area contributed by atoms with E-state index in [-0.39, 0.29) is 0 Å². The SMILES string of the molecule is CCCCCc1ccc(Oc2ccccc2)nc1. The number of aryl methyl sites for hydroxylation is 1. The van der Waals surface area contributed by atoms with Crippen LogP contribution in [-0.4, -0.2) is 4.98 Å². The van der Waals surface area contributed by atoms with Crippen LogP contribution in [0.5, 0.6) is 11.6 Å². The van der Waals surface area contributed by atoms with E-state index in [4.69, 9.17) is 4.74 Å². The first-order chi connectivity index (χ1) is 8.88. The van der Waals surface area contributed by atoms with Crippen LogP contribution in [0.4, 0.5) is 0 Å². The van der Waals surface area contributed by atoms with Crippen molar-refractivity contribution >= 4 is 0 Å². The van der Waals surface area contributed by atoms with Crippen LogP contribution in [0.2, 0.25) is 0 Å². The van der Waals surface area contributed by atoms with E-state index < -0.39 is 0 Å². The van der Waals surface area contributed by atoms with E-state index in [1.165, 1.54) is 24.8 Å². The van der Waals surface area contributed by atoms with Gasteiger partial charge in [0.25, 0.3) is 0 Å². The van der Waals surface area contributed by atoms with Gasteiger partial charge in [-0.3, -0.25) is 0 Å². The van der Waals surface area contributed by atoms with Crippen molar-refractivity contribution in [2.75, 3.05) is 0 Å². The van der Waals surface area contributed by atoms with Crippen LogP contribution in [0.1, 0.15) is 31.7 Å². The first-order valence-electron chi connectivity index (χ1n) is 6.56. The minimum absolute atomic E-state index is 0.653. The second-order valence-electron chi connectivity index (χ2n) is 4.38. The molecule has 0 aliphatic rings. The van der Waals surface area contributed by atoms with Crippen molar-refractivity contribution in [3.8, 4) is 11.6 Å². The Bertz CT molecular complexity index is 450. The molecule has 0 aliphatic carbocycles. The fourth-order valence-corrected chi connectivity index (χ4v) is 1.81. The molecule has 2 aromatic rings. The van der Waals surface area contributed by atoms with Gasteiger partial charge in [-0.15, -0.1) is 0 Å². The van der Waals surface area contributed by atoms with Gasteiger partial charge in [-0.25, -0.2) is 4.98 Å². The van der Waals surface area contributed by atoms with E-state index in [1.54, 1.807) is 0 Å². The third-order valence-corrected chi connectivity index (χ3v) is 2.83. The predicted molar refractivity (Wildman–Crippen MR) is 74.0 cm³/mol. The number of unbranched alkanes of at least 4 members (excludes halogenated alkanes) is 2. The van der Waals surface area contributed by atoms with Crippen molar-refractivity contribution in [3.63, 3.8) is 0 Å². The molecule has 0 N–H and O–H groups in total. The van der Waals surface area contributed by atoms with Crippen molar-refractivity contribution in [2.24, 2.45) is 0 Å². The second kappa shape index (κ2) is 6.80. The molecule has 0 saturated carbocycles. The lowest BCUT2D eigenvalue weighted by Gasteiger charge is -2.05. The third-order valence-electron chi connectivity index (χ3n) is 2.83. The van der Waals surface area contributed by atoms with Gasteiger partial charge in [0.05, 0.1) is 0 Å². The van der Waals surface area contributed by atoms with Gasteiger partial charge < -0.3 is 4.74 Å². The number of benzene rings is 1. The molecule has 94 valence electrons. The zero-order valence-corrected chi connectivity index (χ0v) is 10.8. The average Bonchev–Trinajstić information content (AvgIpc) is 2.42. The van der Waals surface area contributed by atoms with E-state index in [0.717, 1.165) is 12.2 Å². The topological polar surface area (TPSA) is 22.1 Å². The summed E-state index contributed by atoms with van der Waals surface area (Å²) in [5.74, 6) is 1.48. The summed E-state index contributed by atoms with van der Waals surface area (Å²) in [6.07, 6.45) is 6.78. The van der Waals surface area contributed by atoms with Crippen molar-refractivity contribution in [1.82, 2.24) is 4.98 Å². The summed E-state index contributed by atoms with van der Waals surface area (Å²) >= 11 is 0. The minimum Gasteiger partial charge on any atom is -0.439 e. The Balaban J connectivity index is 1.91.